The SMILES string of the molecule is N#Cc1c(CO[C@H]2C[C@@H]2c2ccccc2)c2ccccc2c2ccccc12. The molecular weight excluding hydrogens is 330 g/mol. The molecule has 1 aliphatic rings. The Labute approximate surface area is 158 Å². The minimum Gasteiger partial charge on any atom is -0.373 e. The summed E-state index contributed by atoms with van der Waals surface area (Å²) in [6.07, 6.45) is 1.29. The molecule has 0 unspecified atom stereocenters. The lowest BCUT2D eigenvalue weighted by Gasteiger charge is -2.14. The first-order valence-electron chi connectivity index (χ1n) is 9.36. The van der Waals surface area contributed by atoms with Gasteiger partial charge in [-0.15, -0.1) is 0 Å². The molecule has 0 aliphatic heterocycles. The Kier molecular flexibility index (Phi) is 3.89. The van der Waals surface area contributed by atoms with Crippen LogP contribution < -0.4 is 0 Å². The minimum atomic E-state index is 0.240. The maximum absolute atomic E-state index is 9.88. The second-order valence-electron chi connectivity index (χ2n) is 7.16. The molecule has 4 aromatic rings. The van der Waals surface area contributed by atoms with Crippen molar-refractivity contribution in [2.24, 2.45) is 0 Å². The van der Waals surface area contributed by atoms with E-state index >= 15 is 0 Å². The van der Waals surface area contributed by atoms with Crippen LogP contribution in [0.2, 0.25) is 0 Å². The minimum absolute atomic E-state index is 0.240. The molecule has 2 nitrogen and oxygen atoms in total. The molecule has 4 aromatic carbocycles. The first-order valence-corrected chi connectivity index (χ1v) is 9.36. The Morgan fingerprint density at radius 3 is 2.07 bits per heavy atom. The lowest BCUT2D eigenvalue weighted by molar-refractivity contribution is 0.103. The van der Waals surface area contributed by atoms with Gasteiger partial charge in [0.05, 0.1) is 18.3 Å². The highest BCUT2D eigenvalue weighted by atomic mass is 16.5. The summed E-state index contributed by atoms with van der Waals surface area (Å²) >= 11 is 0. The molecule has 5 rings (SSSR count). The third-order valence-corrected chi connectivity index (χ3v) is 5.55. The Morgan fingerprint density at radius 2 is 1.37 bits per heavy atom. The standard InChI is InChI=1S/C25H19NO/c26-15-23-20-12-6-4-10-18(20)19-11-5-7-13-21(19)24(23)16-27-25-14-22(25)17-8-2-1-3-9-17/h1-13,22,25H,14,16H2/t22-,25+/m1/s1. The first-order chi connectivity index (χ1) is 13.4. The van der Waals surface area contributed by atoms with Crippen LogP contribution in [0.25, 0.3) is 21.5 Å². The lowest BCUT2D eigenvalue weighted by atomic mass is 9.92. The predicted molar refractivity (Wildman–Crippen MR) is 109 cm³/mol. The van der Waals surface area contributed by atoms with Crippen molar-refractivity contribution >= 4 is 21.5 Å². The van der Waals surface area contributed by atoms with E-state index in [9.17, 15) is 5.26 Å². The smallest absolute Gasteiger partial charge is 0.100 e. The molecule has 1 aliphatic carbocycles. The molecule has 0 heterocycles. The monoisotopic (exact) mass is 349 g/mol. The topological polar surface area (TPSA) is 33.0 Å². The number of fused-ring (bicyclic) bond motifs is 3. The number of hydrogen-bond acceptors (Lipinski definition) is 2. The number of benzene rings is 4. The van der Waals surface area contributed by atoms with Gasteiger partial charge in [-0.05, 0) is 28.1 Å². The van der Waals surface area contributed by atoms with Crippen molar-refractivity contribution < 1.29 is 4.74 Å². The summed E-state index contributed by atoms with van der Waals surface area (Å²) in [5.41, 5.74) is 3.08. The van der Waals surface area contributed by atoms with Crippen LogP contribution in [-0.2, 0) is 11.3 Å². The highest BCUT2D eigenvalue weighted by Gasteiger charge is 2.39. The van der Waals surface area contributed by atoms with Gasteiger partial charge < -0.3 is 4.74 Å². The fraction of sp³-hybridized carbons (Fsp3) is 0.160. The van der Waals surface area contributed by atoms with Crippen LogP contribution in [0.4, 0.5) is 0 Å². The molecule has 0 radical (unpaired) electrons. The van der Waals surface area contributed by atoms with Crippen LogP contribution in [0.15, 0.2) is 78.9 Å². The van der Waals surface area contributed by atoms with Gasteiger partial charge in [0.15, 0.2) is 0 Å². The van der Waals surface area contributed by atoms with Crippen molar-refractivity contribution in [1.29, 1.82) is 5.26 Å². The van der Waals surface area contributed by atoms with E-state index in [-0.39, 0.29) is 6.10 Å². The van der Waals surface area contributed by atoms with E-state index in [1.807, 2.05) is 30.3 Å². The molecule has 0 N–H and O–H groups in total. The van der Waals surface area contributed by atoms with Crippen molar-refractivity contribution in [3.63, 3.8) is 0 Å². The molecule has 2 atom stereocenters. The van der Waals surface area contributed by atoms with Crippen molar-refractivity contribution in [3.05, 3.63) is 95.6 Å². The van der Waals surface area contributed by atoms with Gasteiger partial charge >= 0.3 is 0 Å². The number of ether oxygens (including phenoxy) is 1. The van der Waals surface area contributed by atoms with E-state index in [0.717, 1.165) is 33.7 Å². The van der Waals surface area contributed by atoms with Gasteiger partial charge in [-0.25, -0.2) is 0 Å². The van der Waals surface area contributed by atoms with Gasteiger partial charge in [-0.1, -0.05) is 78.9 Å². The molecule has 130 valence electrons. The van der Waals surface area contributed by atoms with Gasteiger partial charge in [-0.2, -0.15) is 5.26 Å². The summed E-state index contributed by atoms with van der Waals surface area (Å²) in [6, 6.07) is 29.4. The Balaban J connectivity index is 1.52. The summed E-state index contributed by atoms with van der Waals surface area (Å²) in [6.45, 7) is 0.474. The summed E-state index contributed by atoms with van der Waals surface area (Å²) in [5.74, 6) is 0.475. The summed E-state index contributed by atoms with van der Waals surface area (Å²) < 4.78 is 6.25. The zero-order chi connectivity index (χ0) is 18.2. The van der Waals surface area contributed by atoms with Gasteiger partial charge in [0.25, 0.3) is 0 Å². The van der Waals surface area contributed by atoms with Crippen molar-refractivity contribution in [2.45, 2.75) is 25.0 Å². The Hall–Kier alpha value is -3.15. The lowest BCUT2D eigenvalue weighted by Crippen LogP contribution is -2.02. The number of nitrogens with zero attached hydrogens (tertiary/aromatic N) is 1. The molecule has 0 saturated heterocycles. The van der Waals surface area contributed by atoms with E-state index in [1.165, 1.54) is 10.9 Å². The quantitative estimate of drug-likeness (QED) is 0.427. The van der Waals surface area contributed by atoms with E-state index in [4.69, 9.17) is 4.74 Å². The highest BCUT2D eigenvalue weighted by Crippen LogP contribution is 2.44. The second kappa shape index (κ2) is 6.54. The Bertz CT molecular complexity index is 1170. The number of nitriles is 1. The van der Waals surface area contributed by atoms with Gasteiger partial charge in [0, 0.05) is 16.9 Å². The van der Waals surface area contributed by atoms with Crippen molar-refractivity contribution in [2.75, 3.05) is 0 Å². The van der Waals surface area contributed by atoms with E-state index in [0.29, 0.717) is 12.5 Å². The molecule has 1 fully saturated rings. The molecule has 27 heavy (non-hydrogen) atoms. The largest absolute Gasteiger partial charge is 0.373 e. The van der Waals surface area contributed by atoms with E-state index < -0.39 is 0 Å². The second-order valence-corrected chi connectivity index (χ2v) is 7.16. The number of rotatable bonds is 4. The third kappa shape index (κ3) is 2.77. The average molecular weight is 349 g/mol. The normalized spacial score (nSPS) is 18.5. The van der Waals surface area contributed by atoms with E-state index in [1.54, 1.807) is 0 Å². The summed E-state index contributed by atoms with van der Waals surface area (Å²) in [5, 5.41) is 14.3. The van der Waals surface area contributed by atoms with Crippen LogP contribution >= 0.6 is 0 Å². The fourth-order valence-corrected chi connectivity index (χ4v) is 4.09. The Morgan fingerprint density at radius 1 is 0.778 bits per heavy atom. The average Bonchev–Trinajstić information content (AvgIpc) is 3.52. The fourth-order valence-electron chi connectivity index (χ4n) is 4.09. The van der Waals surface area contributed by atoms with Crippen LogP contribution in [0.5, 0.6) is 0 Å². The van der Waals surface area contributed by atoms with Crippen LogP contribution in [-0.4, -0.2) is 6.10 Å². The van der Waals surface area contributed by atoms with Gasteiger partial charge in [0.2, 0.25) is 0 Å². The molecule has 2 heteroatoms. The third-order valence-electron chi connectivity index (χ3n) is 5.55. The maximum Gasteiger partial charge on any atom is 0.100 e. The van der Waals surface area contributed by atoms with E-state index in [2.05, 4.69) is 54.6 Å². The zero-order valence-electron chi connectivity index (χ0n) is 14.9. The summed E-state index contributed by atoms with van der Waals surface area (Å²) in [4.78, 5) is 0. The number of hydrogen-bond donors (Lipinski definition) is 0. The molecule has 0 aromatic heterocycles. The molecule has 1 saturated carbocycles. The summed E-state index contributed by atoms with van der Waals surface area (Å²) in [7, 11) is 0. The predicted octanol–water partition coefficient (Wildman–Crippen LogP) is 5.94. The molecule has 0 spiro atoms. The van der Waals surface area contributed by atoms with Crippen LogP contribution in [0, 0.1) is 11.3 Å². The first kappa shape index (κ1) is 16.1. The molecular formula is C25H19NO. The highest BCUT2D eigenvalue weighted by molar-refractivity contribution is 6.11. The van der Waals surface area contributed by atoms with Crippen molar-refractivity contribution in [1.82, 2.24) is 0 Å². The molecule has 0 amide bonds. The van der Waals surface area contributed by atoms with Crippen molar-refractivity contribution in [3.8, 4) is 6.07 Å². The van der Waals surface area contributed by atoms with Crippen LogP contribution in [0.3, 0.4) is 0 Å². The molecule has 0 bridgehead atoms. The van der Waals surface area contributed by atoms with Gasteiger partial charge in [-0.3, -0.25) is 0 Å². The van der Waals surface area contributed by atoms with Crippen LogP contribution in [0.1, 0.15) is 29.0 Å². The van der Waals surface area contributed by atoms with Gasteiger partial charge in [0.1, 0.15) is 6.07 Å². The maximum atomic E-state index is 9.88. The zero-order valence-corrected chi connectivity index (χ0v) is 14.9.